The maximum absolute atomic E-state index is 12.7. The van der Waals surface area contributed by atoms with Gasteiger partial charge in [0.1, 0.15) is 6.07 Å². The van der Waals surface area contributed by atoms with Crippen LogP contribution in [0.15, 0.2) is 29.2 Å². The van der Waals surface area contributed by atoms with Gasteiger partial charge < -0.3 is 0 Å². The predicted octanol–water partition coefficient (Wildman–Crippen LogP) is 3.15. The van der Waals surface area contributed by atoms with Crippen molar-refractivity contribution in [1.82, 2.24) is 4.31 Å². The summed E-state index contributed by atoms with van der Waals surface area (Å²) in [5.74, 6) is 0. The van der Waals surface area contributed by atoms with Crippen LogP contribution < -0.4 is 0 Å². The number of rotatable bonds is 7. The number of benzene rings is 1. The van der Waals surface area contributed by atoms with Crippen LogP contribution in [0.3, 0.4) is 0 Å². The third kappa shape index (κ3) is 3.81. The molecule has 110 valence electrons. The number of hydrogen-bond acceptors (Lipinski definition) is 3. The van der Waals surface area contributed by atoms with E-state index in [1.54, 1.807) is 12.1 Å². The lowest BCUT2D eigenvalue weighted by atomic mass is 10.2. The standard InChI is InChI=1S/C15H22N2O2S/c1-4-5-8-11-17(13(2)3)20(18,19)15-10-7-6-9-14(15)12-16/h6-7,9-10,13H,4-5,8,11H2,1-3H3. The second-order valence-electron chi connectivity index (χ2n) is 5.02. The molecule has 0 fully saturated rings. The van der Waals surface area contributed by atoms with Crippen molar-refractivity contribution in [2.75, 3.05) is 6.54 Å². The normalized spacial score (nSPS) is 11.8. The van der Waals surface area contributed by atoms with E-state index in [-0.39, 0.29) is 16.5 Å². The predicted molar refractivity (Wildman–Crippen MR) is 79.7 cm³/mol. The molecule has 0 spiro atoms. The SMILES string of the molecule is CCCCCN(C(C)C)S(=O)(=O)c1ccccc1C#N. The zero-order chi connectivity index (χ0) is 15.2. The molecular weight excluding hydrogens is 272 g/mol. The van der Waals surface area contributed by atoms with Crippen molar-refractivity contribution < 1.29 is 8.42 Å². The second-order valence-corrected chi connectivity index (χ2v) is 6.88. The van der Waals surface area contributed by atoms with E-state index in [1.807, 2.05) is 19.9 Å². The minimum Gasteiger partial charge on any atom is -0.207 e. The fourth-order valence-electron chi connectivity index (χ4n) is 2.08. The van der Waals surface area contributed by atoms with E-state index in [2.05, 4.69) is 6.92 Å². The summed E-state index contributed by atoms with van der Waals surface area (Å²) in [6.07, 6.45) is 2.88. The average Bonchev–Trinajstić information content (AvgIpc) is 2.42. The van der Waals surface area contributed by atoms with E-state index in [1.165, 1.54) is 16.4 Å². The van der Waals surface area contributed by atoms with Crippen LogP contribution in [0.4, 0.5) is 0 Å². The van der Waals surface area contributed by atoms with Gasteiger partial charge in [-0.05, 0) is 32.4 Å². The molecule has 0 radical (unpaired) electrons. The van der Waals surface area contributed by atoms with Crippen LogP contribution in [0.5, 0.6) is 0 Å². The van der Waals surface area contributed by atoms with Gasteiger partial charge in [-0.15, -0.1) is 0 Å². The maximum Gasteiger partial charge on any atom is 0.244 e. The van der Waals surface area contributed by atoms with Gasteiger partial charge in [-0.2, -0.15) is 9.57 Å². The van der Waals surface area contributed by atoms with E-state index >= 15 is 0 Å². The van der Waals surface area contributed by atoms with Gasteiger partial charge in [-0.3, -0.25) is 0 Å². The van der Waals surface area contributed by atoms with Gasteiger partial charge >= 0.3 is 0 Å². The smallest absolute Gasteiger partial charge is 0.207 e. The Morgan fingerprint density at radius 3 is 2.45 bits per heavy atom. The summed E-state index contributed by atoms with van der Waals surface area (Å²) in [6.45, 7) is 6.30. The second kappa shape index (κ2) is 7.41. The monoisotopic (exact) mass is 294 g/mol. The van der Waals surface area contributed by atoms with Crippen molar-refractivity contribution in [3.8, 4) is 6.07 Å². The lowest BCUT2D eigenvalue weighted by Crippen LogP contribution is -2.38. The fourth-order valence-corrected chi connectivity index (χ4v) is 3.90. The Balaban J connectivity index is 3.14. The van der Waals surface area contributed by atoms with Gasteiger partial charge in [0, 0.05) is 12.6 Å². The molecule has 0 aromatic heterocycles. The first-order chi connectivity index (χ1) is 9.45. The molecule has 0 bridgehead atoms. The van der Waals surface area contributed by atoms with E-state index in [4.69, 9.17) is 5.26 Å². The maximum atomic E-state index is 12.7. The Hall–Kier alpha value is -1.38. The highest BCUT2D eigenvalue weighted by atomic mass is 32.2. The van der Waals surface area contributed by atoms with Gasteiger partial charge in [-0.1, -0.05) is 31.9 Å². The van der Waals surface area contributed by atoms with Crippen molar-refractivity contribution >= 4 is 10.0 Å². The molecule has 0 aliphatic heterocycles. The van der Waals surface area contributed by atoms with Crippen LogP contribution in [0.1, 0.15) is 45.6 Å². The van der Waals surface area contributed by atoms with E-state index in [0.717, 1.165) is 19.3 Å². The van der Waals surface area contributed by atoms with Gasteiger partial charge in [0.15, 0.2) is 0 Å². The van der Waals surface area contributed by atoms with Crippen molar-refractivity contribution in [2.24, 2.45) is 0 Å². The molecule has 1 aromatic carbocycles. The molecule has 0 atom stereocenters. The summed E-state index contributed by atoms with van der Waals surface area (Å²) in [5, 5.41) is 9.08. The summed E-state index contributed by atoms with van der Waals surface area (Å²) in [7, 11) is -3.61. The quantitative estimate of drug-likeness (QED) is 0.726. The first kappa shape index (κ1) is 16.7. The minimum atomic E-state index is -3.61. The Bertz CT molecular complexity index is 574. The highest BCUT2D eigenvalue weighted by Crippen LogP contribution is 2.22. The fraction of sp³-hybridized carbons (Fsp3) is 0.533. The zero-order valence-electron chi connectivity index (χ0n) is 12.3. The van der Waals surface area contributed by atoms with Crippen LogP contribution in [0, 0.1) is 11.3 Å². The summed E-state index contributed by atoms with van der Waals surface area (Å²) in [6, 6.07) is 8.20. The Labute approximate surface area is 122 Å². The number of sulfonamides is 1. The third-order valence-electron chi connectivity index (χ3n) is 3.15. The topological polar surface area (TPSA) is 61.2 Å². The van der Waals surface area contributed by atoms with Gasteiger partial charge in [0.05, 0.1) is 10.5 Å². The molecule has 0 heterocycles. The number of nitriles is 1. The summed E-state index contributed by atoms with van der Waals surface area (Å²) >= 11 is 0. The van der Waals surface area contributed by atoms with Crippen LogP contribution >= 0.6 is 0 Å². The molecule has 0 amide bonds. The van der Waals surface area contributed by atoms with E-state index in [9.17, 15) is 8.42 Å². The molecule has 0 unspecified atom stereocenters. The third-order valence-corrected chi connectivity index (χ3v) is 5.29. The summed E-state index contributed by atoms with van der Waals surface area (Å²) < 4.78 is 26.9. The molecule has 1 aromatic rings. The van der Waals surface area contributed by atoms with Crippen LogP contribution in [0.25, 0.3) is 0 Å². The van der Waals surface area contributed by atoms with Crippen LogP contribution in [0.2, 0.25) is 0 Å². The molecule has 4 nitrogen and oxygen atoms in total. The van der Waals surface area contributed by atoms with E-state index < -0.39 is 10.0 Å². The van der Waals surface area contributed by atoms with E-state index in [0.29, 0.717) is 6.54 Å². The Kier molecular flexibility index (Phi) is 6.18. The van der Waals surface area contributed by atoms with Gasteiger partial charge in [0.2, 0.25) is 10.0 Å². The molecule has 0 saturated heterocycles. The van der Waals surface area contributed by atoms with Crippen molar-refractivity contribution in [3.63, 3.8) is 0 Å². The zero-order valence-corrected chi connectivity index (χ0v) is 13.2. The van der Waals surface area contributed by atoms with Crippen LogP contribution in [-0.4, -0.2) is 25.3 Å². The molecular formula is C15H22N2O2S. The Morgan fingerprint density at radius 1 is 1.25 bits per heavy atom. The molecule has 0 aliphatic carbocycles. The molecule has 0 saturated carbocycles. The number of unbranched alkanes of at least 4 members (excludes halogenated alkanes) is 2. The number of hydrogen-bond donors (Lipinski definition) is 0. The molecule has 0 N–H and O–H groups in total. The average molecular weight is 294 g/mol. The minimum absolute atomic E-state index is 0.104. The first-order valence-electron chi connectivity index (χ1n) is 6.96. The molecule has 20 heavy (non-hydrogen) atoms. The van der Waals surface area contributed by atoms with Gasteiger partial charge in [-0.25, -0.2) is 8.42 Å². The highest BCUT2D eigenvalue weighted by Gasteiger charge is 2.28. The lowest BCUT2D eigenvalue weighted by Gasteiger charge is -2.26. The number of nitrogens with zero attached hydrogens (tertiary/aromatic N) is 2. The largest absolute Gasteiger partial charge is 0.244 e. The van der Waals surface area contributed by atoms with Crippen LogP contribution in [-0.2, 0) is 10.0 Å². The summed E-state index contributed by atoms with van der Waals surface area (Å²) in [4.78, 5) is 0.104. The van der Waals surface area contributed by atoms with Crippen molar-refractivity contribution in [2.45, 2.75) is 51.0 Å². The van der Waals surface area contributed by atoms with Gasteiger partial charge in [0.25, 0.3) is 0 Å². The molecule has 5 heteroatoms. The van der Waals surface area contributed by atoms with Crippen molar-refractivity contribution in [3.05, 3.63) is 29.8 Å². The lowest BCUT2D eigenvalue weighted by molar-refractivity contribution is 0.345. The molecule has 0 aliphatic rings. The Morgan fingerprint density at radius 2 is 1.90 bits per heavy atom. The molecule has 1 rings (SSSR count). The highest BCUT2D eigenvalue weighted by molar-refractivity contribution is 7.89. The first-order valence-corrected chi connectivity index (χ1v) is 8.40. The van der Waals surface area contributed by atoms with Crippen molar-refractivity contribution in [1.29, 1.82) is 5.26 Å². The summed E-state index contributed by atoms with van der Waals surface area (Å²) in [5.41, 5.74) is 0.202.